The molecule has 0 saturated heterocycles. The summed E-state index contributed by atoms with van der Waals surface area (Å²) in [7, 11) is 0. The van der Waals surface area contributed by atoms with E-state index in [0.29, 0.717) is 39.7 Å². The number of carbonyl (C=O) groups is 1. The Morgan fingerprint density at radius 1 is 1.03 bits per heavy atom. The van der Waals surface area contributed by atoms with Crippen molar-refractivity contribution >= 4 is 33.7 Å². The SMILES string of the molecule is Cc1nc(-c2ccc(F)cc2)sc1C(=O)Nc1nc(-c2ccc3c(c2)OCCO3)cs1. The molecular formula is C22H16FN3O3S2. The molecule has 4 aromatic rings. The van der Waals surface area contributed by atoms with E-state index in [1.54, 1.807) is 19.1 Å². The van der Waals surface area contributed by atoms with Gasteiger partial charge in [0, 0.05) is 16.5 Å². The van der Waals surface area contributed by atoms with E-state index >= 15 is 0 Å². The lowest BCUT2D eigenvalue weighted by atomic mass is 10.1. The highest BCUT2D eigenvalue weighted by Gasteiger charge is 2.19. The number of ether oxygens (including phenoxy) is 2. The Hall–Kier alpha value is -3.30. The van der Waals surface area contributed by atoms with Crippen LogP contribution in [0, 0.1) is 12.7 Å². The number of benzene rings is 2. The van der Waals surface area contributed by atoms with Gasteiger partial charge in [0.05, 0.1) is 11.4 Å². The fourth-order valence-corrected chi connectivity index (χ4v) is 4.83. The number of amides is 1. The molecule has 0 atom stereocenters. The average Bonchev–Trinajstić information content (AvgIpc) is 3.40. The Morgan fingerprint density at radius 2 is 1.77 bits per heavy atom. The number of hydrogen-bond donors (Lipinski definition) is 1. The van der Waals surface area contributed by atoms with E-state index in [9.17, 15) is 9.18 Å². The van der Waals surface area contributed by atoms with Crippen LogP contribution < -0.4 is 14.8 Å². The van der Waals surface area contributed by atoms with Crippen LogP contribution in [0.2, 0.25) is 0 Å². The highest BCUT2D eigenvalue weighted by molar-refractivity contribution is 7.17. The van der Waals surface area contributed by atoms with Gasteiger partial charge < -0.3 is 9.47 Å². The first-order valence-electron chi connectivity index (χ1n) is 9.47. The van der Waals surface area contributed by atoms with Crippen molar-refractivity contribution < 1.29 is 18.7 Å². The molecule has 1 aliphatic rings. The Morgan fingerprint density at radius 3 is 2.58 bits per heavy atom. The molecule has 6 nitrogen and oxygen atoms in total. The van der Waals surface area contributed by atoms with Crippen molar-refractivity contribution in [2.24, 2.45) is 0 Å². The van der Waals surface area contributed by atoms with Gasteiger partial charge in [0.25, 0.3) is 5.91 Å². The van der Waals surface area contributed by atoms with E-state index in [1.165, 1.54) is 34.8 Å². The van der Waals surface area contributed by atoms with Gasteiger partial charge >= 0.3 is 0 Å². The lowest BCUT2D eigenvalue weighted by molar-refractivity contribution is 0.103. The molecule has 156 valence electrons. The summed E-state index contributed by atoms with van der Waals surface area (Å²) in [5, 5.41) is 5.89. The highest BCUT2D eigenvalue weighted by Crippen LogP contribution is 2.35. The predicted octanol–water partition coefficient (Wildman–Crippen LogP) is 5.40. The molecule has 0 aliphatic carbocycles. The molecule has 9 heteroatoms. The number of anilines is 1. The largest absolute Gasteiger partial charge is 0.486 e. The van der Waals surface area contributed by atoms with Crippen LogP contribution in [0.5, 0.6) is 11.5 Å². The lowest BCUT2D eigenvalue weighted by Gasteiger charge is -2.18. The maximum Gasteiger partial charge on any atom is 0.269 e. The minimum atomic E-state index is -0.312. The van der Waals surface area contributed by atoms with Crippen molar-refractivity contribution in [1.29, 1.82) is 0 Å². The monoisotopic (exact) mass is 453 g/mol. The molecule has 0 unspecified atom stereocenters. The second-order valence-corrected chi connectivity index (χ2v) is 8.65. The molecule has 1 amide bonds. The van der Waals surface area contributed by atoms with E-state index in [2.05, 4.69) is 15.3 Å². The number of nitrogens with one attached hydrogen (secondary N) is 1. The van der Waals surface area contributed by atoms with Gasteiger partial charge in [0.2, 0.25) is 0 Å². The molecule has 31 heavy (non-hydrogen) atoms. The van der Waals surface area contributed by atoms with Gasteiger partial charge in [-0.25, -0.2) is 14.4 Å². The number of fused-ring (bicyclic) bond motifs is 1. The van der Waals surface area contributed by atoms with E-state index in [4.69, 9.17) is 9.47 Å². The number of carbonyl (C=O) groups excluding carboxylic acids is 1. The number of aromatic nitrogens is 2. The Labute approximate surface area is 185 Å². The number of rotatable bonds is 4. The molecule has 1 aliphatic heterocycles. The maximum absolute atomic E-state index is 13.2. The molecule has 2 aromatic carbocycles. The second kappa shape index (κ2) is 8.09. The van der Waals surface area contributed by atoms with Crippen LogP contribution >= 0.6 is 22.7 Å². The topological polar surface area (TPSA) is 73.3 Å². The Kier molecular flexibility index (Phi) is 5.13. The third kappa shape index (κ3) is 4.01. The minimum absolute atomic E-state index is 0.272. The zero-order chi connectivity index (χ0) is 21.4. The van der Waals surface area contributed by atoms with Crippen LogP contribution in [0.3, 0.4) is 0 Å². The first-order valence-corrected chi connectivity index (χ1v) is 11.2. The van der Waals surface area contributed by atoms with Crippen molar-refractivity contribution in [2.75, 3.05) is 18.5 Å². The Bertz CT molecular complexity index is 1270. The second-order valence-electron chi connectivity index (χ2n) is 6.79. The van der Waals surface area contributed by atoms with Crippen molar-refractivity contribution in [3.63, 3.8) is 0 Å². The number of thiazole rings is 2. The molecule has 1 N–H and O–H groups in total. The number of halogens is 1. The van der Waals surface area contributed by atoms with E-state index in [-0.39, 0.29) is 11.7 Å². The highest BCUT2D eigenvalue weighted by atomic mass is 32.1. The van der Waals surface area contributed by atoms with E-state index in [0.717, 1.165) is 22.6 Å². The lowest BCUT2D eigenvalue weighted by Crippen LogP contribution is -2.15. The van der Waals surface area contributed by atoms with Crippen LogP contribution in [0.25, 0.3) is 21.8 Å². The Balaban J connectivity index is 1.34. The van der Waals surface area contributed by atoms with E-state index < -0.39 is 0 Å². The van der Waals surface area contributed by atoms with Crippen LogP contribution in [0.15, 0.2) is 47.8 Å². The van der Waals surface area contributed by atoms with Crippen LogP contribution in [0.4, 0.5) is 9.52 Å². The van der Waals surface area contributed by atoms with Crippen LogP contribution in [-0.4, -0.2) is 29.1 Å². The van der Waals surface area contributed by atoms with Gasteiger partial charge in [-0.15, -0.1) is 22.7 Å². The zero-order valence-electron chi connectivity index (χ0n) is 16.3. The molecular weight excluding hydrogens is 437 g/mol. The van der Waals surface area contributed by atoms with Gasteiger partial charge in [-0.1, -0.05) is 0 Å². The summed E-state index contributed by atoms with van der Waals surface area (Å²) in [5.41, 5.74) is 3.01. The summed E-state index contributed by atoms with van der Waals surface area (Å²) >= 11 is 2.61. The summed E-state index contributed by atoms with van der Waals surface area (Å²) in [6, 6.07) is 11.7. The van der Waals surface area contributed by atoms with Gasteiger partial charge in [-0.2, -0.15) is 0 Å². The maximum atomic E-state index is 13.2. The fraction of sp³-hybridized carbons (Fsp3) is 0.136. The van der Waals surface area contributed by atoms with Gasteiger partial charge in [0.1, 0.15) is 28.9 Å². The van der Waals surface area contributed by atoms with Crippen molar-refractivity contribution in [3.8, 4) is 33.3 Å². The zero-order valence-corrected chi connectivity index (χ0v) is 18.0. The molecule has 0 spiro atoms. The van der Waals surface area contributed by atoms with Crippen molar-refractivity contribution in [3.05, 3.63) is 64.2 Å². The third-order valence-corrected chi connectivity index (χ3v) is 6.62. The number of nitrogens with zero attached hydrogens (tertiary/aromatic N) is 2. The first kappa shape index (κ1) is 19.7. The molecule has 0 radical (unpaired) electrons. The molecule has 2 aromatic heterocycles. The molecule has 3 heterocycles. The van der Waals surface area contributed by atoms with Crippen molar-refractivity contribution in [2.45, 2.75) is 6.92 Å². The minimum Gasteiger partial charge on any atom is -0.486 e. The third-order valence-electron chi connectivity index (χ3n) is 4.66. The summed E-state index contributed by atoms with van der Waals surface area (Å²) in [4.78, 5) is 22.3. The first-order chi connectivity index (χ1) is 15.1. The quantitative estimate of drug-likeness (QED) is 0.448. The van der Waals surface area contributed by atoms with Crippen molar-refractivity contribution in [1.82, 2.24) is 9.97 Å². The van der Waals surface area contributed by atoms with Crippen LogP contribution in [-0.2, 0) is 0 Å². The fourth-order valence-electron chi connectivity index (χ4n) is 3.14. The standard InChI is InChI=1S/C22H16FN3O3S2/c1-12-19(31-21(24-12)13-2-5-15(23)6-3-13)20(27)26-22-25-16(11-30-22)14-4-7-17-18(10-14)29-9-8-28-17/h2-7,10-11H,8-9H2,1H3,(H,25,26,27). The smallest absolute Gasteiger partial charge is 0.269 e. The summed E-state index contributed by atoms with van der Waals surface area (Å²) < 4.78 is 24.3. The number of hydrogen-bond acceptors (Lipinski definition) is 7. The van der Waals surface area contributed by atoms with Gasteiger partial charge in [0.15, 0.2) is 16.6 Å². The molecule has 0 saturated carbocycles. The van der Waals surface area contributed by atoms with Gasteiger partial charge in [-0.3, -0.25) is 10.1 Å². The molecule has 0 bridgehead atoms. The molecule has 5 rings (SSSR count). The summed E-state index contributed by atoms with van der Waals surface area (Å²) in [5.74, 6) is 0.825. The van der Waals surface area contributed by atoms with Gasteiger partial charge in [-0.05, 0) is 49.4 Å². The normalized spacial score (nSPS) is 12.6. The average molecular weight is 454 g/mol. The van der Waals surface area contributed by atoms with E-state index in [1.807, 2.05) is 23.6 Å². The molecule has 0 fully saturated rings. The predicted molar refractivity (Wildman–Crippen MR) is 119 cm³/mol. The number of aryl methyl sites for hydroxylation is 1. The van der Waals surface area contributed by atoms with Crippen LogP contribution in [0.1, 0.15) is 15.4 Å². The summed E-state index contributed by atoms with van der Waals surface area (Å²) in [6.45, 7) is 2.84. The summed E-state index contributed by atoms with van der Waals surface area (Å²) in [6.07, 6.45) is 0.